The van der Waals surface area contributed by atoms with Crippen LogP contribution in [0, 0.1) is 5.92 Å². The summed E-state index contributed by atoms with van der Waals surface area (Å²) in [4.78, 5) is 24.3. The van der Waals surface area contributed by atoms with E-state index in [0.29, 0.717) is 10.6 Å². The Morgan fingerprint density at radius 2 is 1.67 bits per heavy atom. The summed E-state index contributed by atoms with van der Waals surface area (Å²) in [6.45, 7) is 1.81. The zero-order valence-corrected chi connectivity index (χ0v) is 20.8. The second-order valence-electron chi connectivity index (χ2n) is 8.88. The van der Waals surface area contributed by atoms with Gasteiger partial charge in [0.2, 0.25) is 0 Å². The SMILES string of the molecule is C[C@@H](CC(=O)O)CC(=O)c1c(CCCCCCc2ccccc2Cl)n(C)c2ccc(Cl)cc12. The maximum Gasteiger partial charge on any atom is 0.303 e. The van der Waals surface area contributed by atoms with Crippen LogP contribution in [-0.2, 0) is 24.7 Å². The van der Waals surface area contributed by atoms with Crippen LogP contribution in [0.1, 0.15) is 67.1 Å². The number of benzene rings is 2. The molecule has 6 heteroatoms. The number of ketones is 1. The molecule has 0 bridgehead atoms. The molecule has 0 radical (unpaired) electrons. The number of halogens is 2. The highest BCUT2D eigenvalue weighted by Crippen LogP contribution is 2.31. The van der Waals surface area contributed by atoms with Crippen LogP contribution in [-0.4, -0.2) is 21.4 Å². The lowest BCUT2D eigenvalue weighted by atomic mass is 9.94. The fraction of sp³-hybridized carbons (Fsp3) is 0.407. The minimum Gasteiger partial charge on any atom is -0.481 e. The summed E-state index contributed by atoms with van der Waals surface area (Å²) in [5.74, 6) is -1.11. The van der Waals surface area contributed by atoms with E-state index in [1.807, 2.05) is 50.4 Å². The molecule has 0 aliphatic heterocycles. The number of aromatic nitrogens is 1. The molecule has 3 aromatic rings. The molecule has 0 aliphatic carbocycles. The standard InChI is InChI=1S/C27H31Cl2NO3/c1-18(16-26(32)33)15-25(31)27-21-17-20(28)13-14-23(21)30(2)24(27)12-6-4-3-5-9-19-10-7-8-11-22(19)29/h7-8,10-11,13-14,17-18H,3-6,9,12,15-16H2,1-2H3,(H,32,33)/t18-/m1/s1. The first kappa shape index (κ1) is 25.3. The van der Waals surface area contributed by atoms with Crippen LogP contribution >= 0.6 is 23.2 Å². The molecule has 176 valence electrons. The van der Waals surface area contributed by atoms with Gasteiger partial charge in [-0.25, -0.2) is 0 Å². The van der Waals surface area contributed by atoms with Gasteiger partial charge in [-0.2, -0.15) is 0 Å². The molecule has 0 unspecified atom stereocenters. The molecular weight excluding hydrogens is 457 g/mol. The Morgan fingerprint density at radius 1 is 0.970 bits per heavy atom. The van der Waals surface area contributed by atoms with Crippen LogP contribution in [0.15, 0.2) is 42.5 Å². The number of aliphatic carboxylic acids is 1. The fourth-order valence-electron chi connectivity index (χ4n) is 4.52. The molecule has 3 rings (SSSR count). The normalized spacial score (nSPS) is 12.2. The highest BCUT2D eigenvalue weighted by Gasteiger charge is 2.23. The molecule has 1 aromatic heterocycles. The van der Waals surface area contributed by atoms with Crippen LogP contribution < -0.4 is 0 Å². The number of carbonyl (C=O) groups is 2. The van der Waals surface area contributed by atoms with Crippen molar-refractivity contribution in [2.24, 2.45) is 13.0 Å². The van der Waals surface area contributed by atoms with Gasteiger partial charge in [0.15, 0.2) is 5.78 Å². The number of carboxylic acids is 1. The summed E-state index contributed by atoms with van der Waals surface area (Å²) in [5.41, 5.74) is 3.87. The first-order chi connectivity index (χ1) is 15.8. The van der Waals surface area contributed by atoms with Gasteiger partial charge >= 0.3 is 5.97 Å². The quantitative estimate of drug-likeness (QED) is 0.212. The van der Waals surface area contributed by atoms with E-state index in [1.54, 1.807) is 0 Å². The molecule has 2 aromatic carbocycles. The number of unbranched alkanes of at least 4 members (excludes halogenated alkanes) is 3. The molecular formula is C27H31Cl2NO3. The molecule has 33 heavy (non-hydrogen) atoms. The third-order valence-corrected chi connectivity index (χ3v) is 6.79. The summed E-state index contributed by atoms with van der Waals surface area (Å²) in [7, 11) is 1.99. The number of Topliss-reactive ketones (excluding diaryl/α,β-unsaturated/α-hetero) is 1. The minimum absolute atomic E-state index is 0.00895. The predicted molar refractivity (Wildman–Crippen MR) is 136 cm³/mol. The van der Waals surface area contributed by atoms with Crippen molar-refractivity contribution < 1.29 is 14.7 Å². The van der Waals surface area contributed by atoms with Crippen LogP contribution in [0.4, 0.5) is 0 Å². The first-order valence-electron chi connectivity index (χ1n) is 11.5. The average Bonchev–Trinajstić information content (AvgIpc) is 3.02. The second-order valence-corrected chi connectivity index (χ2v) is 9.72. The Kier molecular flexibility index (Phi) is 8.99. The number of hydrogen-bond acceptors (Lipinski definition) is 2. The van der Waals surface area contributed by atoms with E-state index in [-0.39, 0.29) is 24.5 Å². The van der Waals surface area contributed by atoms with Gasteiger partial charge in [0.1, 0.15) is 0 Å². The van der Waals surface area contributed by atoms with Gasteiger partial charge in [0.05, 0.1) is 0 Å². The summed E-state index contributed by atoms with van der Waals surface area (Å²) in [6.07, 6.45) is 6.18. The van der Waals surface area contributed by atoms with Gasteiger partial charge in [-0.05, 0) is 61.4 Å². The Hall–Kier alpha value is -2.30. The van der Waals surface area contributed by atoms with E-state index in [9.17, 15) is 9.59 Å². The molecule has 0 saturated carbocycles. The Bertz CT molecular complexity index is 1140. The first-order valence-corrected chi connectivity index (χ1v) is 12.3. The monoisotopic (exact) mass is 487 g/mol. The Labute approximate surface area is 205 Å². The number of fused-ring (bicyclic) bond motifs is 1. The van der Waals surface area contributed by atoms with Crippen molar-refractivity contribution in [3.05, 3.63) is 69.3 Å². The molecule has 0 amide bonds. The smallest absolute Gasteiger partial charge is 0.303 e. The van der Waals surface area contributed by atoms with Crippen molar-refractivity contribution in [3.8, 4) is 0 Å². The van der Waals surface area contributed by atoms with E-state index in [2.05, 4.69) is 10.6 Å². The predicted octanol–water partition coefficient (Wildman–Crippen LogP) is 7.51. The molecule has 0 saturated heterocycles. The van der Waals surface area contributed by atoms with Crippen LogP contribution in [0.5, 0.6) is 0 Å². The molecule has 1 heterocycles. The van der Waals surface area contributed by atoms with Crippen LogP contribution in [0.2, 0.25) is 10.0 Å². The van der Waals surface area contributed by atoms with Crippen molar-refractivity contribution in [2.75, 3.05) is 0 Å². The van der Waals surface area contributed by atoms with E-state index >= 15 is 0 Å². The van der Waals surface area contributed by atoms with Gasteiger partial charge in [0.25, 0.3) is 0 Å². The van der Waals surface area contributed by atoms with Crippen molar-refractivity contribution >= 4 is 45.9 Å². The summed E-state index contributed by atoms with van der Waals surface area (Å²) >= 11 is 12.5. The zero-order valence-electron chi connectivity index (χ0n) is 19.2. The highest BCUT2D eigenvalue weighted by molar-refractivity contribution is 6.31. The second kappa shape index (κ2) is 11.7. The fourth-order valence-corrected chi connectivity index (χ4v) is 4.93. The van der Waals surface area contributed by atoms with Crippen LogP contribution in [0.3, 0.4) is 0 Å². The number of rotatable bonds is 12. The van der Waals surface area contributed by atoms with Crippen molar-refractivity contribution in [1.29, 1.82) is 0 Å². The van der Waals surface area contributed by atoms with E-state index in [1.165, 1.54) is 5.56 Å². The topological polar surface area (TPSA) is 59.3 Å². The highest BCUT2D eigenvalue weighted by atomic mass is 35.5. The summed E-state index contributed by atoms with van der Waals surface area (Å²) in [6, 6.07) is 13.6. The molecule has 0 aliphatic rings. The molecule has 0 spiro atoms. The molecule has 0 fully saturated rings. The molecule has 4 nitrogen and oxygen atoms in total. The number of aryl methyl sites for hydroxylation is 2. The largest absolute Gasteiger partial charge is 0.481 e. The van der Waals surface area contributed by atoms with Gasteiger partial charge in [-0.3, -0.25) is 9.59 Å². The Morgan fingerprint density at radius 3 is 2.36 bits per heavy atom. The minimum atomic E-state index is -0.881. The van der Waals surface area contributed by atoms with Crippen molar-refractivity contribution in [1.82, 2.24) is 4.57 Å². The van der Waals surface area contributed by atoms with Gasteiger partial charge in [-0.1, -0.05) is 61.2 Å². The van der Waals surface area contributed by atoms with Crippen LogP contribution in [0.25, 0.3) is 10.9 Å². The third kappa shape index (κ3) is 6.61. The number of hydrogen-bond donors (Lipinski definition) is 1. The molecule has 1 atom stereocenters. The maximum atomic E-state index is 13.3. The van der Waals surface area contributed by atoms with Gasteiger partial charge in [0, 0.05) is 52.1 Å². The lowest BCUT2D eigenvalue weighted by Crippen LogP contribution is -2.12. The lowest BCUT2D eigenvalue weighted by molar-refractivity contribution is -0.137. The average molecular weight is 488 g/mol. The maximum absolute atomic E-state index is 13.3. The molecule has 1 N–H and O–H groups in total. The van der Waals surface area contributed by atoms with E-state index in [4.69, 9.17) is 28.3 Å². The number of carboxylic acid groups (broad SMARTS) is 1. The van der Waals surface area contributed by atoms with Crippen molar-refractivity contribution in [3.63, 3.8) is 0 Å². The van der Waals surface area contributed by atoms with Gasteiger partial charge < -0.3 is 9.67 Å². The number of nitrogens with zero attached hydrogens (tertiary/aromatic N) is 1. The number of carbonyl (C=O) groups excluding carboxylic acids is 1. The lowest BCUT2D eigenvalue weighted by Gasteiger charge is -2.11. The van der Waals surface area contributed by atoms with Gasteiger partial charge in [-0.15, -0.1) is 0 Å². The van der Waals surface area contributed by atoms with E-state index in [0.717, 1.165) is 60.1 Å². The third-order valence-electron chi connectivity index (χ3n) is 6.19. The summed E-state index contributed by atoms with van der Waals surface area (Å²) in [5, 5.41) is 11.3. The zero-order chi connectivity index (χ0) is 24.0. The van der Waals surface area contributed by atoms with E-state index < -0.39 is 5.97 Å². The summed E-state index contributed by atoms with van der Waals surface area (Å²) < 4.78 is 2.09. The Balaban J connectivity index is 1.68. The van der Waals surface area contributed by atoms with Crippen molar-refractivity contribution in [2.45, 2.75) is 58.3 Å².